The van der Waals surface area contributed by atoms with E-state index in [4.69, 9.17) is 5.11 Å². The van der Waals surface area contributed by atoms with Gasteiger partial charge in [-0.1, -0.05) is 26.7 Å². The van der Waals surface area contributed by atoms with E-state index >= 15 is 0 Å². The van der Waals surface area contributed by atoms with Crippen LogP contribution in [-0.4, -0.2) is 48.7 Å². The van der Waals surface area contributed by atoms with Crippen molar-refractivity contribution in [3.05, 3.63) is 0 Å². The number of carboxylic acid groups (broad SMARTS) is 1. The Morgan fingerprint density at radius 1 is 1.00 bits per heavy atom. The SMILES string of the molecule is CCCCN(CCCC)CCCNCCC(=O)O. The van der Waals surface area contributed by atoms with Gasteiger partial charge in [0, 0.05) is 6.54 Å². The lowest BCUT2D eigenvalue weighted by Gasteiger charge is -2.21. The highest BCUT2D eigenvalue weighted by Gasteiger charge is 2.03. The number of aliphatic carboxylic acids is 1. The van der Waals surface area contributed by atoms with Gasteiger partial charge in [0.2, 0.25) is 0 Å². The van der Waals surface area contributed by atoms with Gasteiger partial charge >= 0.3 is 5.97 Å². The number of nitrogens with zero attached hydrogens (tertiary/aromatic N) is 1. The zero-order valence-electron chi connectivity index (χ0n) is 12.1. The van der Waals surface area contributed by atoms with Crippen molar-refractivity contribution >= 4 is 5.97 Å². The Morgan fingerprint density at radius 3 is 2.06 bits per heavy atom. The topological polar surface area (TPSA) is 52.6 Å². The molecule has 0 fully saturated rings. The van der Waals surface area contributed by atoms with Crippen LogP contribution in [0.25, 0.3) is 0 Å². The lowest BCUT2D eigenvalue weighted by Crippen LogP contribution is -2.30. The molecule has 0 aliphatic rings. The van der Waals surface area contributed by atoms with Gasteiger partial charge in [-0.2, -0.15) is 0 Å². The molecule has 0 aromatic heterocycles. The molecule has 0 aromatic rings. The van der Waals surface area contributed by atoms with Crippen molar-refractivity contribution in [1.29, 1.82) is 0 Å². The molecule has 0 aliphatic heterocycles. The lowest BCUT2D eigenvalue weighted by molar-refractivity contribution is -0.136. The quantitative estimate of drug-likeness (QED) is 0.498. The normalized spacial score (nSPS) is 11.1. The highest BCUT2D eigenvalue weighted by molar-refractivity contribution is 5.66. The molecule has 0 bridgehead atoms. The van der Waals surface area contributed by atoms with E-state index in [2.05, 4.69) is 24.1 Å². The molecule has 0 saturated heterocycles. The summed E-state index contributed by atoms with van der Waals surface area (Å²) in [6, 6.07) is 0. The molecule has 0 rings (SSSR count). The van der Waals surface area contributed by atoms with E-state index in [1.165, 1.54) is 38.8 Å². The second-order valence-electron chi connectivity index (χ2n) is 4.80. The smallest absolute Gasteiger partial charge is 0.304 e. The summed E-state index contributed by atoms with van der Waals surface area (Å²) in [5.41, 5.74) is 0. The average molecular weight is 258 g/mol. The molecule has 2 N–H and O–H groups in total. The van der Waals surface area contributed by atoms with Crippen LogP contribution in [0.3, 0.4) is 0 Å². The molecule has 108 valence electrons. The Labute approximate surface area is 112 Å². The van der Waals surface area contributed by atoms with Gasteiger partial charge in [-0.15, -0.1) is 0 Å². The molecule has 0 spiro atoms. The monoisotopic (exact) mass is 258 g/mol. The zero-order chi connectivity index (χ0) is 13.6. The molecule has 0 aromatic carbocycles. The van der Waals surface area contributed by atoms with Gasteiger partial charge in [-0.05, 0) is 45.4 Å². The number of hydrogen-bond acceptors (Lipinski definition) is 3. The van der Waals surface area contributed by atoms with Gasteiger partial charge in [-0.3, -0.25) is 4.79 Å². The number of rotatable bonds is 13. The summed E-state index contributed by atoms with van der Waals surface area (Å²) in [5.74, 6) is -0.727. The molecule has 0 radical (unpaired) electrons. The van der Waals surface area contributed by atoms with Crippen LogP contribution in [0.2, 0.25) is 0 Å². The van der Waals surface area contributed by atoms with E-state index < -0.39 is 5.97 Å². The van der Waals surface area contributed by atoms with Gasteiger partial charge in [-0.25, -0.2) is 0 Å². The van der Waals surface area contributed by atoms with Crippen LogP contribution in [0, 0.1) is 0 Å². The molecule has 0 unspecified atom stereocenters. The number of nitrogens with one attached hydrogen (secondary N) is 1. The minimum atomic E-state index is -0.727. The molecule has 4 nitrogen and oxygen atoms in total. The maximum Gasteiger partial charge on any atom is 0.304 e. The molecule has 0 heterocycles. The van der Waals surface area contributed by atoms with E-state index in [1.807, 2.05) is 0 Å². The minimum absolute atomic E-state index is 0.218. The van der Waals surface area contributed by atoms with Crippen LogP contribution in [-0.2, 0) is 4.79 Å². The third-order valence-electron chi connectivity index (χ3n) is 3.00. The fourth-order valence-corrected chi connectivity index (χ4v) is 1.85. The van der Waals surface area contributed by atoms with Crippen molar-refractivity contribution in [3.63, 3.8) is 0 Å². The van der Waals surface area contributed by atoms with Crippen molar-refractivity contribution in [1.82, 2.24) is 10.2 Å². The first-order valence-corrected chi connectivity index (χ1v) is 7.35. The second-order valence-corrected chi connectivity index (χ2v) is 4.80. The summed E-state index contributed by atoms with van der Waals surface area (Å²) in [6.07, 6.45) is 6.37. The standard InChI is InChI=1S/C14H30N2O2/c1-3-5-11-16(12-6-4-2)13-7-9-15-10-8-14(17)18/h15H,3-13H2,1-2H3,(H,17,18). The first-order valence-electron chi connectivity index (χ1n) is 7.35. The predicted octanol–water partition coefficient (Wildman–Crippen LogP) is 2.34. The lowest BCUT2D eigenvalue weighted by atomic mass is 10.2. The summed E-state index contributed by atoms with van der Waals surface area (Å²) in [4.78, 5) is 12.9. The molecule has 0 amide bonds. The maximum atomic E-state index is 10.3. The second kappa shape index (κ2) is 12.8. The molecule has 0 aliphatic carbocycles. The number of carbonyl (C=O) groups is 1. The molecule has 0 atom stereocenters. The van der Waals surface area contributed by atoms with Crippen LogP contribution in [0.1, 0.15) is 52.4 Å². The summed E-state index contributed by atoms with van der Waals surface area (Å²) in [7, 11) is 0. The molecule has 4 heteroatoms. The molecule has 18 heavy (non-hydrogen) atoms. The third-order valence-corrected chi connectivity index (χ3v) is 3.00. The summed E-state index contributed by atoms with van der Waals surface area (Å²) in [5, 5.41) is 11.7. The van der Waals surface area contributed by atoms with Crippen LogP contribution < -0.4 is 5.32 Å². The van der Waals surface area contributed by atoms with Crippen LogP contribution in [0.15, 0.2) is 0 Å². The van der Waals surface area contributed by atoms with Crippen LogP contribution >= 0.6 is 0 Å². The molecular weight excluding hydrogens is 228 g/mol. The Bertz CT molecular complexity index is 190. The van der Waals surface area contributed by atoms with Crippen molar-refractivity contribution < 1.29 is 9.90 Å². The van der Waals surface area contributed by atoms with Gasteiger partial charge in [0.05, 0.1) is 6.42 Å². The fourth-order valence-electron chi connectivity index (χ4n) is 1.85. The maximum absolute atomic E-state index is 10.3. The average Bonchev–Trinajstić information content (AvgIpc) is 2.35. The van der Waals surface area contributed by atoms with E-state index in [9.17, 15) is 4.79 Å². The fraction of sp³-hybridized carbons (Fsp3) is 0.929. The van der Waals surface area contributed by atoms with Gasteiger partial charge < -0.3 is 15.3 Å². The summed E-state index contributed by atoms with van der Waals surface area (Å²) < 4.78 is 0. The van der Waals surface area contributed by atoms with Crippen molar-refractivity contribution in [3.8, 4) is 0 Å². The molecular formula is C14H30N2O2. The number of unbranched alkanes of at least 4 members (excludes halogenated alkanes) is 2. The van der Waals surface area contributed by atoms with E-state index in [1.54, 1.807) is 0 Å². The van der Waals surface area contributed by atoms with E-state index in [0.29, 0.717) is 6.54 Å². The Kier molecular flexibility index (Phi) is 12.4. The van der Waals surface area contributed by atoms with E-state index in [-0.39, 0.29) is 6.42 Å². The van der Waals surface area contributed by atoms with Gasteiger partial charge in [0.15, 0.2) is 0 Å². The van der Waals surface area contributed by atoms with Crippen molar-refractivity contribution in [2.24, 2.45) is 0 Å². The minimum Gasteiger partial charge on any atom is -0.481 e. The highest BCUT2D eigenvalue weighted by atomic mass is 16.4. The number of hydrogen-bond donors (Lipinski definition) is 2. The van der Waals surface area contributed by atoms with Crippen molar-refractivity contribution in [2.75, 3.05) is 32.7 Å². The van der Waals surface area contributed by atoms with Gasteiger partial charge in [0.1, 0.15) is 0 Å². The van der Waals surface area contributed by atoms with Crippen molar-refractivity contribution in [2.45, 2.75) is 52.4 Å². The number of carboxylic acids is 1. The Balaban J connectivity index is 3.51. The van der Waals surface area contributed by atoms with E-state index in [0.717, 1.165) is 19.5 Å². The summed E-state index contributed by atoms with van der Waals surface area (Å²) >= 11 is 0. The van der Waals surface area contributed by atoms with Gasteiger partial charge in [0.25, 0.3) is 0 Å². The predicted molar refractivity (Wildman–Crippen MR) is 76.0 cm³/mol. The summed E-state index contributed by atoms with van der Waals surface area (Å²) in [6.45, 7) is 9.48. The first-order chi connectivity index (χ1) is 8.70. The third kappa shape index (κ3) is 11.9. The Hall–Kier alpha value is -0.610. The van der Waals surface area contributed by atoms with Crippen LogP contribution in [0.4, 0.5) is 0 Å². The first kappa shape index (κ1) is 17.4. The largest absolute Gasteiger partial charge is 0.481 e. The van der Waals surface area contributed by atoms with Crippen LogP contribution in [0.5, 0.6) is 0 Å². The Morgan fingerprint density at radius 2 is 1.56 bits per heavy atom. The highest BCUT2D eigenvalue weighted by Crippen LogP contribution is 2.00. The molecule has 0 saturated carbocycles. The zero-order valence-corrected chi connectivity index (χ0v) is 12.1.